The molecule has 0 aromatic heterocycles. The van der Waals surface area contributed by atoms with Crippen molar-refractivity contribution in [3.63, 3.8) is 0 Å². The third-order valence-corrected chi connectivity index (χ3v) is 3.13. The fourth-order valence-electron chi connectivity index (χ4n) is 1.90. The first-order valence-corrected chi connectivity index (χ1v) is 7.37. The van der Waals surface area contributed by atoms with Crippen LogP contribution < -0.4 is 4.74 Å². The third-order valence-electron chi connectivity index (χ3n) is 3.13. The summed E-state index contributed by atoms with van der Waals surface area (Å²) >= 11 is 0. The summed E-state index contributed by atoms with van der Waals surface area (Å²) in [4.78, 5) is 23.3. The summed E-state index contributed by atoms with van der Waals surface area (Å²) in [6.07, 6.45) is 0.317. The molecule has 0 bridgehead atoms. The molecule has 2 aromatic rings. The van der Waals surface area contributed by atoms with E-state index in [2.05, 4.69) is 6.58 Å². The molecule has 0 fully saturated rings. The lowest BCUT2D eigenvalue weighted by molar-refractivity contribution is -0.181. The van der Waals surface area contributed by atoms with Gasteiger partial charge in [0.2, 0.25) is 6.29 Å². The number of benzene rings is 2. The molecule has 0 N–H and O–H groups in total. The largest absolute Gasteiger partial charge is 0.467 e. The standard InChI is InChI=1S/C19H18O5/c1-3-18(20)24-14(2)22-13-23-17-11-9-16(10-12-17)19(21)15-7-5-4-6-8-15/h3-12,14H,1,13H2,2H3. The van der Waals surface area contributed by atoms with E-state index in [4.69, 9.17) is 14.2 Å². The molecule has 5 nitrogen and oxygen atoms in total. The van der Waals surface area contributed by atoms with Gasteiger partial charge in [-0.3, -0.25) is 4.79 Å². The first-order chi connectivity index (χ1) is 11.6. The van der Waals surface area contributed by atoms with Crippen LogP contribution in [0.1, 0.15) is 22.8 Å². The molecule has 5 heteroatoms. The highest BCUT2D eigenvalue weighted by Crippen LogP contribution is 2.15. The Kier molecular flexibility index (Phi) is 6.28. The van der Waals surface area contributed by atoms with Crippen molar-refractivity contribution >= 4 is 11.8 Å². The van der Waals surface area contributed by atoms with Crippen molar-refractivity contribution in [2.75, 3.05) is 6.79 Å². The molecule has 1 unspecified atom stereocenters. The van der Waals surface area contributed by atoms with E-state index in [1.54, 1.807) is 43.3 Å². The van der Waals surface area contributed by atoms with Crippen LogP contribution in [0.4, 0.5) is 0 Å². The minimum Gasteiger partial charge on any atom is -0.467 e. The van der Waals surface area contributed by atoms with Crippen molar-refractivity contribution in [2.24, 2.45) is 0 Å². The lowest BCUT2D eigenvalue weighted by Crippen LogP contribution is -2.19. The summed E-state index contributed by atoms with van der Waals surface area (Å²) in [5, 5.41) is 0. The highest BCUT2D eigenvalue weighted by Gasteiger charge is 2.09. The minimum atomic E-state index is -0.741. The first-order valence-electron chi connectivity index (χ1n) is 7.37. The highest BCUT2D eigenvalue weighted by atomic mass is 16.8. The molecule has 1 atom stereocenters. The Balaban J connectivity index is 1.85. The van der Waals surface area contributed by atoms with E-state index in [0.29, 0.717) is 16.9 Å². The van der Waals surface area contributed by atoms with Crippen molar-refractivity contribution in [3.8, 4) is 5.75 Å². The fraction of sp³-hybridized carbons (Fsp3) is 0.158. The Labute approximate surface area is 140 Å². The zero-order chi connectivity index (χ0) is 17.4. The molecule has 0 aliphatic carbocycles. The predicted molar refractivity (Wildman–Crippen MR) is 88.6 cm³/mol. The van der Waals surface area contributed by atoms with E-state index in [1.165, 1.54) is 0 Å². The number of hydrogen-bond donors (Lipinski definition) is 0. The molecule has 0 amide bonds. The molecule has 0 saturated carbocycles. The van der Waals surface area contributed by atoms with Gasteiger partial charge < -0.3 is 14.2 Å². The van der Waals surface area contributed by atoms with Crippen LogP contribution in [-0.2, 0) is 14.3 Å². The van der Waals surface area contributed by atoms with Crippen LogP contribution in [0.2, 0.25) is 0 Å². The number of rotatable bonds is 8. The summed E-state index contributed by atoms with van der Waals surface area (Å²) in [7, 11) is 0. The van der Waals surface area contributed by atoms with E-state index < -0.39 is 12.3 Å². The second kappa shape index (κ2) is 8.64. The number of carbonyl (C=O) groups is 2. The van der Waals surface area contributed by atoms with Crippen LogP contribution in [0.15, 0.2) is 67.3 Å². The van der Waals surface area contributed by atoms with E-state index in [0.717, 1.165) is 6.08 Å². The monoisotopic (exact) mass is 326 g/mol. The average Bonchev–Trinajstić information content (AvgIpc) is 2.62. The van der Waals surface area contributed by atoms with Gasteiger partial charge in [0.25, 0.3) is 0 Å². The van der Waals surface area contributed by atoms with Crippen LogP contribution >= 0.6 is 0 Å². The molecule has 124 valence electrons. The van der Waals surface area contributed by atoms with Gasteiger partial charge in [-0.25, -0.2) is 4.79 Å². The Morgan fingerprint density at radius 1 is 1.04 bits per heavy atom. The smallest absolute Gasteiger partial charge is 0.332 e. The van der Waals surface area contributed by atoms with E-state index in [-0.39, 0.29) is 12.6 Å². The molecule has 24 heavy (non-hydrogen) atoms. The predicted octanol–water partition coefficient (Wildman–Crippen LogP) is 3.35. The van der Waals surface area contributed by atoms with Crippen molar-refractivity contribution in [1.82, 2.24) is 0 Å². The van der Waals surface area contributed by atoms with Gasteiger partial charge in [-0.15, -0.1) is 0 Å². The van der Waals surface area contributed by atoms with Gasteiger partial charge in [0.15, 0.2) is 12.6 Å². The number of ketones is 1. The zero-order valence-corrected chi connectivity index (χ0v) is 13.3. The number of carbonyl (C=O) groups excluding carboxylic acids is 2. The number of hydrogen-bond acceptors (Lipinski definition) is 5. The van der Waals surface area contributed by atoms with Crippen LogP contribution in [-0.4, -0.2) is 24.8 Å². The molecule has 0 radical (unpaired) electrons. The molecular weight excluding hydrogens is 308 g/mol. The van der Waals surface area contributed by atoms with Crippen molar-refractivity contribution < 1.29 is 23.8 Å². The summed E-state index contributed by atoms with van der Waals surface area (Å²) in [6.45, 7) is 4.79. The van der Waals surface area contributed by atoms with E-state index in [1.807, 2.05) is 18.2 Å². The summed E-state index contributed by atoms with van der Waals surface area (Å²) in [5.41, 5.74) is 1.20. The SMILES string of the molecule is C=CC(=O)OC(C)OCOc1ccc(C(=O)c2ccccc2)cc1. The maximum atomic E-state index is 12.3. The zero-order valence-electron chi connectivity index (χ0n) is 13.3. The molecule has 2 aromatic carbocycles. The van der Waals surface area contributed by atoms with Gasteiger partial charge in [-0.2, -0.15) is 0 Å². The van der Waals surface area contributed by atoms with Crippen LogP contribution in [0, 0.1) is 0 Å². The molecule has 0 saturated heterocycles. The number of ether oxygens (including phenoxy) is 3. The Morgan fingerprint density at radius 2 is 1.67 bits per heavy atom. The van der Waals surface area contributed by atoms with Gasteiger partial charge in [0.05, 0.1) is 0 Å². The average molecular weight is 326 g/mol. The molecule has 0 spiro atoms. The number of esters is 1. The van der Waals surface area contributed by atoms with E-state index in [9.17, 15) is 9.59 Å². The fourth-order valence-corrected chi connectivity index (χ4v) is 1.90. The van der Waals surface area contributed by atoms with Gasteiger partial charge in [0.1, 0.15) is 5.75 Å². The topological polar surface area (TPSA) is 61.8 Å². The van der Waals surface area contributed by atoms with Crippen LogP contribution in [0.25, 0.3) is 0 Å². The van der Waals surface area contributed by atoms with Crippen LogP contribution in [0.3, 0.4) is 0 Å². The second-order valence-electron chi connectivity index (χ2n) is 4.86. The molecular formula is C19H18O5. The summed E-state index contributed by atoms with van der Waals surface area (Å²) in [5.74, 6) is -0.0727. The summed E-state index contributed by atoms with van der Waals surface area (Å²) < 4.78 is 15.4. The maximum Gasteiger partial charge on any atom is 0.332 e. The lowest BCUT2D eigenvalue weighted by atomic mass is 10.0. The Hall–Kier alpha value is -2.92. The third kappa shape index (κ3) is 5.07. The normalized spacial score (nSPS) is 11.4. The van der Waals surface area contributed by atoms with Crippen molar-refractivity contribution in [3.05, 3.63) is 78.4 Å². The summed E-state index contributed by atoms with van der Waals surface area (Å²) in [6, 6.07) is 15.8. The molecule has 0 heterocycles. The lowest BCUT2D eigenvalue weighted by Gasteiger charge is -2.13. The van der Waals surface area contributed by atoms with E-state index >= 15 is 0 Å². The van der Waals surface area contributed by atoms with Gasteiger partial charge >= 0.3 is 5.97 Å². The highest BCUT2D eigenvalue weighted by molar-refractivity contribution is 6.08. The van der Waals surface area contributed by atoms with Crippen molar-refractivity contribution in [2.45, 2.75) is 13.2 Å². The minimum absolute atomic E-state index is 0.0524. The molecule has 0 aliphatic rings. The Morgan fingerprint density at radius 3 is 2.29 bits per heavy atom. The van der Waals surface area contributed by atoms with Gasteiger partial charge in [-0.1, -0.05) is 36.9 Å². The maximum absolute atomic E-state index is 12.3. The van der Waals surface area contributed by atoms with Crippen LogP contribution in [0.5, 0.6) is 5.75 Å². The quantitative estimate of drug-likeness (QED) is 0.322. The second-order valence-corrected chi connectivity index (χ2v) is 4.86. The molecule has 0 aliphatic heterocycles. The van der Waals surface area contributed by atoms with Gasteiger partial charge in [0, 0.05) is 17.2 Å². The molecule has 2 rings (SSSR count). The van der Waals surface area contributed by atoms with Crippen molar-refractivity contribution in [1.29, 1.82) is 0 Å². The first kappa shape index (κ1) is 17.4. The Bertz CT molecular complexity index is 691. The van der Waals surface area contributed by atoms with Gasteiger partial charge in [-0.05, 0) is 31.2 Å².